The van der Waals surface area contributed by atoms with E-state index in [2.05, 4.69) is 0 Å². The average Bonchev–Trinajstić information content (AvgIpc) is 3.09. The summed E-state index contributed by atoms with van der Waals surface area (Å²) < 4.78 is 30.8. The SMILES string of the molecule is O=C(O)C1CC(S(=O)(=O)c2ccccc2)CC1C(=O)N1CCOCC1. The van der Waals surface area contributed by atoms with Crippen LogP contribution in [0.2, 0.25) is 0 Å². The zero-order chi connectivity index (χ0) is 18.0. The fourth-order valence-corrected chi connectivity index (χ4v) is 5.45. The molecular formula is C17H21NO6S. The summed E-state index contributed by atoms with van der Waals surface area (Å²) in [7, 11) is -3.66. The maximum atomic E-state index is 12.8. The molecule has 1 aromatic carbocycles. The van der Waals surface area contributed by atoms with Gasteiger partial charge in [-0.15, -0.1) is 0 Å². The second kappa shape index (κ2) is 7.13. The zero-order valence-electron chi connectivity index (χ0n) is 13.7. The van der Waals surface area contributed by atoms with Crippen LogP contribution in [0.15, 0.2) is 35.2 Å². The lowest BCUT2D eigenvalue weighted by molar-refractivity contribution is -0.150. The Morgan fingerprint density at radius 3 is 2.24 bits per heavy atom. The Bertz CT molecular complexity index is 742. The van der Waals surface area contributed by atoms with Crippen molar-refractivity contribution < 1.29 is 27.9 Å². The molecule has 1 amide bonds. The van der Waals surface area contributed by atoms with Crippen molar-refractivity contribution in [3.05, 3.63) is 30.3 Å². The number of carboxylic acids is 1. The van der Waals surface area contributed by atoms with Crippen LogP contribution in [0, 0.1) is 11.8 Å². The molecule has 3 unspecified atom stereocenters. The standard InChI is InChI=1S/C17H21NO6S/c19-16(18-6-8-24-9-7-18)14-10-13(11-15(14)17(20)21)25(22,23)12-4-2-1-3-5-12/h1-5,13-15H,6-11H2,(H,20,21). The van der Waals surface area contributed by atoms with Crippen LogP contribution >= 0.6 is 0 Å². The molecule has 1 aliphatic carbocycles. The number of ether oxygens (including phenoxy) is 1. The lowest BCUT2D eigenvalue weighted by atomic mass is 9.94. The number of carboxylic acid groups (broad SMARTS) is 1. The molecule has 2 fully saturated rings. The molecule has 1 aliphatic heterocycles. The third-order valence-corrected chi connectivity index (χ3v) is 7.18. The van der Waals surface area contributed by atoms with E-state index in [1.165, 1.54) is 12.1 Å². The minimum atomic E-state index is -3.66. The van der Waals surface area contributed by atoms with Gasteiger partial charge in [0.2, 0.25) is 5.91 Å². The first kappa shape index (κ1) is 17.9. The van der Waals surface area contributed by atoms with Crippen LogP contribution in [0.3, 0.4) is 0 Å². The quantitative estimate of drug-likeness (QED) is 0.845. The van der Waals surface area contributed by atoms with Gasteiger partial charge < -0.3 is 14.7 Å². The van der Waals surface area contributed by atoms with E-state index in [1.807, 2.05) is 0 Å². The van der Waals surface area contributed by atoms with Gasteiger partial charge >= 0.3 is 5.97 Å². The van der Waals surface area contributed by atoms with Gasteiger partial charge in [-0.05, 0) is 25.0 Å². The van der Waals surface area contributed by atoms with Crippen molar-refractivity contribution in [2.24, 2.45) is 11.8 Å². The summed E-state index contributed by atoms with van der Waals surface area (Å²) in [5.74, 6) is -3.17. The van der Waals surface area contributed by atoms with Crippen LogP contribution < -0.4 is 0 Å². The number of nitrogens with zero attached hydrogens (tertiary/aromatic N) is 1. The van der Waals surface area contributed by atoms with Crippen molar-refractivity contribution in [1.82, 2.24) is 4.90 Å². The summed E-state index contributed by atoms with van der Waals surface area (Å²) in [5, 5.41) is 8.64. The summed E-state index contributed by atoms with van der Waals surface area (Å²) >= 11 is 0. The predicted octanol–water partition coefficient (Wildman–Crippen LogP) is 0.799. The maximum Gasteiger partial charge on any atom is 0.307 e. The first-order chi connectivity index (χ1) is 11.9. The fraction of sp³-hybridized carbons (Fsp3) is 0.529. The number of carbonyl (C=O) groups excluding carboxylic acids is 1. The monoisotopic (exact) mass is 367 g/mol. The molecule has 2 aliphatic rings. The fourth-order valence-electron chi connectivity index (χ4n) is 3.61. The third-order valence-electron chi connectivity index (χ3n) is 4.99. The van der Waals surface area contributed by atoms with Crippen molar-refractivity contribution in [1.29, 1.82) is 0 Å². The van der Waals surface area contributed by atoms with Crippen molar-refractivity contribution in [3.63, 3.8) is 0 Å². The Morgan fingerprint density at radius 2 is 1.64 bits per heavy atom. The Kier molecular flexibility index (Phi) is 5.10. The van der Waals surface area contributed by atoms with Crippen LogP contribution in [0.5, 0.6) is 0 Å². The van der Waals surface area contributed by atoms with E-state index in [0.717, 1.165) is 0 Å². The van der Waals surface area contributed by atoms with Crippen LogP contribution in [0.1, 0.15) is 12.8 Å². The Morgan fingerprint density at radius 1 is 1.04 bits per heavy atom. The average molecular weight is 367 g/mol. The highest BCUT2D eigenvalue weighted by Crippen LogP contribution is 2.39. The van der Waals surface area contributed by atoms with E-state index in [0.29, 0.717) is 26.3 Å². The van der Waals surface area contributed by atoms with E-state index in [-0.39, 0.29) is 23.6 Å². The van der Waals surface area contributed by atoms with Gasteiger partial charge in [-0.2, -0.15) is 0 Å². The smallest absolute Gasteiger partial charge is 0.307 e. The number of rotatable bonds is 4. The van der Waals surface area contributed by atoms with Gasteiger partial charge in [0.1, 0.15) is 0 Å². The molecule has 0 aromatic heterocycles. The van der Waals surface area contributed by atoms with Gasteiger partial charge in [-0.25, -0.2) is 8.42 Å². The highest BCUT2D eigenvalue weighted by Gasteiger charge is 2.48. The maximum absolute atomic E-state index is 12.8. The molecule has 1 heterocycles. The van der Waals surface area contributed by atoms with E-state index in [4.69, 9.17) is 4.74 Å². The van der Waals surface area contributed by atoms with Crippen molar-refractivity contribution in [2.75, 3.05) is 26.3 Å². The minimum absolute atomic E-state index is 0.0344. The predicted molar refractivity (Wildman–Crippen MR) is 88.7 cm³/mol. The highest BCUT2D eigenvalue weighted by atomic mass is 32.2. The van der Waals surface area contributed by atoms with Gasteiger partial charge in [0.05, 0.1) is 35.2 Å². The van der Waals surface area contributed by atoms with Crippen LogP contribution in [-0.4, -0.2) is 61.9 Å². The largest absolute Gasteiger partial charge is 0.481 e. The lowest BCUT2D eigenvalue weighted by Gasteiger charge is -2.30. The number of amides is 1. The number of hydrogen-bond acceptors (Lipinski definition) is 5. The van der Waals surface area contributed by atoms with E-state index in [1.54, 1.807) is 23.1 Å². The topological polar surface area (TPSA) is 101 Å². The van der Waals surface area contributed by atoms with Crippen LogP contribution in [0.25, 0.3) is 0 Å². The zero-order valence-corrected chi connectivity index (χ0v) is 14.5. The van der Waals surface area contributed by atoms with Gasteiger partial charge in [-0.3, -0.25) is 9.59 Å². The molecule has 1 saturated carbocycles. The number of morpholine rings is 1. The number of sulfone groups is 1. The third kappa shape index (κ3) is 3.55. The molecule has 8 heteroatoms. The van der Waals surface area contributed by atoms with Gasteiger partial charge in [0.15, 0.2) is 9.84 Å². The number of benzene rings is 1. The molecule has 3 rings (SSSR count). The molecule has 1 saturated heterocycles. The van der Waals surface area contributed by atoms with Crippen molar-refractivity contribution in [2.45, 2.75) is 23.0 Å². The summed E-state index contributed by atoms with van der Waals surface area (Å²) in [6.45, 7) is 1.67. The summed E-state index contributed by atoms with van der Waals surface area (Å²) in [6.07, 6.45) is 0.0116. The first-order valence-corrected chi connectivity index (χ1v) is 9.84. The molecule has 1 aromatic rings. The molecule has 136 valence electrons. The second-order valence-electron chi connectivity index (χ2n) is 6.44. The second-order valence-corrected chi connectivity index (χ2v) is 8.67. The van der Waals surface area contributed by atoms with Crippen molar-refractivity contribution >= 4 is 21.7 Å². The van der Waals surface area contributed by atoms with Crippen LogP contribution in [0.4, 0.5) is 0 Å². The van der Waals surface area contributed by atoms with Gasteiger partial charge in [0.25, 0.3) is 0 Å². The molecule has 7 nitrogen and oxygen atoms in total. The molecule has 0 radical (unpaired) electrons. The van der Waals surface area contributed by atoms with Crippen LogP contribution in [-0.2, 0) is 24.2 Å². The number of hydrogen-bond donors (Lipinski definition) is 1. The summed E-state index contributed by atoms with van der Waals surface area (Å²) in [4.78, 5) is 26.1. The molecule has 3 atom stereocenters. The van der Waals surface area contributed by atoms with Gasteiger partial charge in [0, 0.05) is 13.1 Å². The molecule has 0 spiro atoms. The molecule has 25 heavy (non-hydrogen) atoms. The Labute approximate surface area is 146 Å². The van der Waals surface area contributed by atoms with E-state index < -0.39 is 32.9 Å². The van der Waals surface area contributed by atoms with Crippen molar-refractivity contribution in [3.8, 4) is 0 Å². The molecule has 0 bridgehead atoms. The molecular weight excluding hydrogens is 346 g/mol. The minimum Gasteiger partial charge on any atom is -0.481 e. The summed E-state index contributed by atoms with van der Waals surface area (Å²) in [6, 6.07) is 7.99. The first-order valence-electron chi connectivity index (χ1n) is 8.29. The van der Waals surface area contributed by atoms with Gasteiger partial charge in [-0.1, -0.05) is 18.2 Å². The highest BCUT2D eigenvalue weighted by molar-refractivity contribution is 7.92. The summed E-state index contributed by atoms with van der Waals surface area (Å²) in [5.41, 5.74) is 0. The van der Waals surface area contributed by atoms with E-state index >= 15 is 0 Å². The molecule has 1 N–H and O–H groups in total. The number of carbonyl (C=O) groups is 2. The van der Waals surface area contributed by atoms with E-state index in [9.17, 15) is 23.1 Å². The Balaban J connectivity index is 1.83. The number of aliphatic carboxylic acids is 1. The lowest BCUT2D eigenvalue weighted by Crippen LogP contribution is -2.45. The normalized spacial score (nSPS) is 27.2. The Hall–Kier alpha value is -1.93.